The topological polar surface area (TPSA) is 4.93 Å². The van der Waals surface area contributed by atoms with E-state index in [4.69, 9.17) is 0 Å². The SMILES string of the molecule is Cc1ccc2c(c1)C1(c3ccccc3-c3ccccc31)c1cc(-c3ccc4c(c3)C3(c5ccccc5-c5ccccc53)c3cc(/C=C/c5ccc(-c6ccc7c(c6)c6ccccc6n7-c6ccc7c(c6)C(C)(C)c6ccccc6-7)cc5)ccc3-4)ccc1-2. The predicted octanol–water partition coefficient (Wildman–Crippen LogP) is 21.6. The van der Waals surface area contributed by atoms with Crippen molar-refractivity contribution in [1.29, 1.82) is 0 Å². The van der Waals surface area contributed by atoms with Crippen LogP contribution in [-0.4, -0.2) is 4.57 Å². The van der Waals surface area contributed by atoms with E-state index in [1.54, 1.807) is 0 Å². The lowest BCUT2D eigenvalue weighted by molar-refractivity contribution is 0.660. The van der Waals surface area contributed by atoms with Crippen LogP contribution < -0.4 is 0 Å². The number of rotatable bonds is 5. The van der Waals surface area contributed by atoms with Gasteiger partial charge in [-0.1, -0.05) is 262 Å². The van der Waals surface area contributed by atoms with Crippen LogP contribution in [0.15, 0.2) is 279 Å². The normalized spacial score (nSPS) is 14.8. The number of aromatic nitrogens is 1. The summed E-state index contributed by atoms with van der Waals surface area (Å²) in [6.07, 6.45) is 4.59. The molecule has 0 radical (unpaired) electrons. The fourth-order valence-electron chi connectivity index (χ4n) is 17.1. The molecule has 1 nitrogen and oxygen atoms in total. The molecule has 5 aliphatic rings. The Morgan fingerprint density at radius 3 is 1.25 bits per heavy atom. The Balaban J connectivity index is 0.687. The Morgan fingerprint density at radius 2 is 0.655 bits per heavy atom. The van der Waals surface area contributed by atoms with Gasteiger partial charge in [0.2, 0.25) is 0 Å². The average Bonchev–Trinajstić information content (AvgIpc) is 1.54. The third-order valence-corrected chi connectivity index (χ3v) is 20.9. The van der Waals surface area contributed by atoms with Gasteiger partial charge in [0.1, 0.15) is 0 Å². The summed E-state index contributed by atoms with van der Waals surface area (Å²) in [6.45, 7) is 6.97. The van der Waals surface area contributed by atoms with E-state index >= 15 is 0 Å². The van der Waals surface area contributed by atoms with Crippen LogP contribution in [-0.2, 0) is 16.2 Å². The van der Waals surface area contributed by atoms with E-state index in [0.717, 1.165) is 5.56 Å². The smallest absolute Gasteiger partial charge is 0.0725 e. The second-order valence-electron chi connectivity index (χ2n) is 25.5. The molecule has 1 aromatic heterocycles. The zero-order valence-corrected chi connectivity index (χ0v) is 48.7. The quantitative estimate of drug-likeness (QED) is 0.151. The van der Waals surface area contributed by atoms with E-state index in [9.17, 15) is 0 Å². The fraction of sp³-hybridized carbons (Fsp3) is 0.0698. The van der Waals surface area contributed by atoms with Crippen molar-refractivity contribution >= 4 is 34.0 Å². The predicted molar refractivity (Wildman–Crippen MR) is 362 cm³/mol. The van der Waals surface area contributed by atoms with Gasteiger partial charge < -0.3 is 4.57 Å². The van der Waals surface area contributed by atoms with E-state index < -0.39 is 10.8 Å². The van der Waals surface area contributed by atoms with Crippen LogP contribution in [0.4, 0.5) is 0 Å². The first-order chi connectivity index (χ1) is 42.8. The zero-order valence-electron chi connectivity index (χ0n) is 48.7. The van der Waals surface area contributed by atoms with Gasteiger partial charge in [-0.15, -0.1) is 0 Å². The van der Waals surface area contributed by atoms with Crippen LogP contribution >= 0.6 is 0 Å². The first kappa shape index (κ1) is 48.7. The monoisotopic (exact) mass is 1100 g/mol. The van der Waals surface area contributed by atoms with Crippen LogP contribution in [0.5, 0.6) is 0 Å². The molecule has 1 heterocycles. The Bertz CT molecular complexity index is 5290. The number of benzene rings is 13. The van der Waals surface area contributed by atoms with Crippen molar-refractivity contribution in [1.82, 2.24) is 4.57 Å². The van der Waals surface area contributed by atoms with E-state index in [1.807, 2.05) is 0 Å². The van der Waals surface area contributed by atoms with Gasteiger partial charge in [0, 0.05) is 21.9 Å². The van der Waals surface area contributed by atoms with Crippen molar-refractivity contribution in [2.75, 3.05) is 0 Å². The number of fused-ring (bicyclic) bond motifs is 26. The number of hydrogen-bond donors (Lipinski definition) is 0. The summed E-state index contributed by atoms with van der Waals surface area (Å²) in [5.74, 6) is 0. The first-order valence-corrected chi connectivity index (χ1v) is 30.8. The van der Waals surface area contributed by atoms with Crippen LogP contribution in [0, 0.1) is 6.92 Å². The Kier molecular flexibility index (Phi) is 9.81. The highest BCUT2D eigenvalue weighted by molar-refractivity contribution is 6.11. The molecule has 0 atom stereocenters. The lowest BCUT2D eigenvalue weighted by atomic mass is 9.69. The van der Waals surface area contributed by atoms with Gasteiger partial charge in [-0.25, -0.2) is 0 Å². The molecule has 0 bridgehead atoms. The molecule has 14 aromatic rings. The Hall–Kier alpha value is -10.6. The molecule has 0 N–H and O–H groups in total. The number of aryl methyl sites for hydroxylation is 1. The molecular weight excluding hydrogens is 1050 g/mol. The molecule has 0 fully saturated rings. The first-order valence-electron chi connectivity index (χ1n) is 30.8. The average molecular weight is 1100 g/mol. The fourth-order valence-corrected chi connectivity index (χ4v) is 17.1. The molecule has 0 amide bonds. The van der Waals surface area contributed by atoms with Crippen LogP contribution in [0.3, 0.4) is 0 Å². The van der Waals surface area contributed by atoms with Crippen molar-refractivity contribution in [3.05, 3.63) is 351 Å². The minimum atomic E-state index is -0.507. The second kappa shape index (κ2) is 17.5. The summed E-state index contributed by atoms with van der Waals surface area (Å²) in [7, 11) is 0. The van der Waals surface area contributed by atoms with Crippen molar-refractivity contribution in [2.24, 2.45) is 0 Å². The summed E-state index contributed by atoms with van der Waals surface area (Å²) in [4.78, 5) is 0. The molecular formula is C86H57N. The summed E-state index contributed by atoms with van der Waals surface area (Å²) >= 11 is 0. The molecule has 1 heteroatoms. The summed E-state index contributed by atoms with van der Waals surface area (Å²) in [5, 5.41) is 2.52. The third kappa shape index (κ3) is 6.38. The van der Waals surface area contributed by atoms with Gasteiger partial charge in [-0.3, -0.25) is 0 Å². The zero-order chi connectivity index (χ0) is 57.5. The molecule has 0 saturated carbocycles. The van der Waals surface area contributed by atoms with Gasteiger partial charge in [0.15, 0.2) is 0 Å². The molecule has 5 aliphatic carbocycles. The largest absolute Gasteiger partial charge is 0.309 e. The minimum absolute atomic E-state index is 0.0743. The number of hydrogen-bond acceptors (Lipinski definition) is 0. The van der Waals surface area contributed by atoms with Crippen molar-refractivity contribution in [3.63, 3.8) is 0 Å². The van der Waals surface area contributed by atoms with Gasteiger partial charge in [0.25, 0.3) is 0 Å². The molecule has 87 heavy (non-hydrogen) atoms. The Morgan fingerprint density at radius 1 is 0.264 bits per heavy atom. The van der Waals surface area contributed by atoms with Crippen LogP contribution in [0.1, 0.15) is 86.2 Å². The number of para-hydroxylation sites is 1. The maximum atomic E-state index is 2.55. The summed E-state index contributed by atoms with van der Waals surface area (Å²) in [5.41, 5.74) is 38.0. The van der Waals surface area contributed by atoms with Crippen molar-refractivity contribution < 1.29 is 0 Å². The minimum Gasteiger partial charge on any atom is -0.309 e. The maximum absolute atomic E-state index is 2.55. The molecule has 0 aliphatic heterocycles. The van der Waals surface area contributed by atoms with Crippen molar-refractivity contribution in [3.8, 4) is 83.6 Å². The molecule has 0 saturated heterocycles. The highest BCUT2D eigenvalue weighted by Crippen LogP contribution is 2.66. The lowest BCUT2D eigenvalue weighted by Gasteiger charge is -2.31. The third-order valence-electron chi connectivity index (χ3n) is 20.9. The van der Waals surface area contributed by atoms with Crippen molar-refractivity contribution in [2.45, 2.75) is 37.0 Å². The standard InChI is InChI=1S/C86H57N/c1-52-28-40-66-68-42-36-57(49-80(68)85(78(66)46-52)73-23-11-5-17-61(73)62-18-6-12-24-74(62)85)58-37-43-69-67-41-33-54(47-79(67)86(81(69)50-58)75-25-13-7-19-63(75)64-20-8-14-26-76(64)86)30-29-53-31-34-55(35-32-53)56-38-45-83-71(48-56)70-21-9-15-27-82(70)87(83)59-39-44-65-60-16-4-10-22-72(60)84(2,3)77(65)51-59/h4-51H,1-3H3/b30-29+. The molecule has 0 unspecified atom stereocenters. The molecule has 406 valence electrons. The number of nitrogens with zero attached hydrogens (tertiary/aromatic N) is 1. The molecule has 13 aromatic carbocycles. The molecule has 19 rings (SSSR count). The van der Waals surface area contributed by atoms with E-state index in [1.165, 1.54) is 172 Å². The lowest BCUT2D eigenvalue weighted by Crippen LogP contribution is -2.26. The maximum Gasteiger partial charge on any atom is 0.0725 e. The molecule has 2 spiro atoms. The van der Waals surface area contributed by atoms with Gasteiger partial charge in [0.05, 0.1) is 21.9 Å². The van der Waals surface area contributed by atoms with Gasteiger partial charge >= 0.3 is 0 Å². The van der Waals surface area contributed by atoms with Crippen LogP contribution in [0.2, 0.25) is 0 Å². The summed E-state index contributed by atoms with van der Waals surface area (Å²) < 4.78 is 2.46. The van der Waals surface area contributed by atoms with Gasteiger partial charge in [-0.05, 0) is 200 Å². The van der Waals surface area contributed by atoms with E-state index in [0.29, 0.717) is 0 Å². The van der Waals surface area contributed by atoms with Crippen LogP contribution in [0.25, 0.3) is 118 Å². The van der Waals surface area contributed by atoms with E-state index in [2.05, 4.69) is 317 Å². The van der Waals surface area contributed by atoms with E-state index in [-0.39, 0.29) is 5.41 Å². The highest BCUT2D eigenvalue weighted by atomic mass is 15.0. The van der Waals surface area contributed by atoms with Gasteiger partial charge in [-0.2, -0.15) is 0 Å². The Labute approximate surface area is 507 Å². The second-order valence-corrected chi connectivity index (χ2v) is 25.5. The highest BCUT2D eigenvalue weighted by Gasteiger charge is 2.54. The summed E-state index contributed by atoms with van der Waals surface area (Å²) in [6, 6.07) is 107.